The molecule has 0 atom stereocenters. The van der Waals surface area contributed by atoms with Gasteiger partial charge in [-0.05, 0) is 56.0 Å². The summed E-state index contributed by atoms with van der Waals surface area (Å²) >= 11 is 0. The lowest BCUT2D eigenvalue weighted by Crippen LogP contribution is -2.49. The van der Waals surface area contributed by atoms with Gasteiger partial charge in [0, 0.05) is 33.0 Å². The molecule has 2 aromatic heterocycles. The van der Waals surface area contributed by atoms with Crippen molar-refractivity contribution in [1.29, 1.82) is 0 Å². The number of benzene rings is 7. The van der Waals surface area contributed by atoms with Crippen LogP contribution in [0.3, 0.4) is 0 Å². The fourth-order valence-electron chi connectivity index (χ4n) is 7.87. The quantitative estimate of drug-likeness (QED) is 0.177. The molecule has 9 aromatic rings. The van der Waals surface area contributed by atoms with Gasteiger partial charge < -0.3 is 4.42 Å². The number of rotatable bonds is 4. The van der Waals surface area contributed by atoms with Crippen molar-refractivity contribution in [3.8, 4) is 56.4 Å². The van der Waals surface area contributed by atoms with Gasteiger partial charge in [0.15, 0.2) is 17.5 Å². The number of hydrogen-bond donors (Lipinski definition) is 0. The van der Waals surface area contributed by atoms with Gasteiger partial charge >= 0.3 is 0 Å². The van der Waals surface area contributed by atoms with Crippen molar-refractivity contribution in [2.75, 3.05) is 0 Å². The molecule has 5 heteroatoms. The van der Waals surface area contributed by atoms with Crippen LogP contribution in [-0.4, -0.2) is 23.0 Å². The molecule has 0 amide bonds. The molecule has 4 nitrogen and oxygen atoms in total. The van der Waals surface area contributed by atoms with Gasteiger partial charge in [-0.25, -0.2) is 15.0 Å². The minimum atomic E-state index is -2.07. The SMILES string of the molecule is C[Si]1(C)c2ccccc2-c2c1cc(-c1nc(-c3ccccc3)nc(-c3cccc(-c4cccc5ccccc45)c3)n1)c1c2oc2ccccc21. The van der Waals surface area contributed by atoms with Crippen molar-refractivity contribution in [3.63, 3.8) is 0 Å². The maximum Gasteiger partial charge on any atom is 0.164 e. The Hall–Kier alpha value is -6.17. The first-order valence-corrected chi connectivity index (χ1v) is 20.0. The van der Waals surface area contributed by atoms with E-state index >= 15 is 0 Å². The Kier molecular flexibility index (Phi) is 6.29. The van der Waals surface area contributed by atoms with Crippen molar-refractivity contribution in [1.82, 2.24) is 15.0 Å². The molecule has 50 heavy (non-hydrogen) atoms. The number of aromatic nitrogens is 3. The Morgan fingerprint density at radius 1 is 0.460 bits per heavy atom. The zero-order chi connectivity index (χ0) is 33.4. The minimum absolute atomic E-state index is 0.636. The van der Waals surface area contributed by atoms with Crippen molar-refractivity contribution >= 4 is 51.2 Å². The Morgan fingerprint density at radius 3 is 1.96 bits per heavy atom. The lowest BCUT2D eigenvalue weighted by molar-refractivity contribution is 0.670. The lowest BCUT2D eigenvalue weighted by Gasteiger charge is -2.19. The third-order valence-corrected chi connectivity index (χ3v) is 13.8. The molecular weight excluding hydrogens is 627 g/mol. The molecule has 0 aliphatic carbocycles. The van der Waals surface area contributed by atoms with E-state index in [9.17, 15) is 0 Å². The monoisotopic (exact) mass is 657 g/mol. The van der Waals surface area contributed by atoms with Crippen molar-refractivity contribution in [2.45, 2.75) is 13.1 Å². The number of hydrogen-bond acceptors (Lipinski definition) is 4. The summed E-state index contributed by atoms with van der Waals surface area (Å²) in [4.78, 5) is 15.7. The minimum Gasteiger partial charge on any atom is -0.455 e. The van der Waals surface area contributed by atoms with Crippen LogP contribution in [0.25, 0.3) is 89.1 Å². The largest absolute Gasteiger partial charge is 0.455 e. The zero-order valence-corrected chi connectivity index (χ0v) is 28.7. The summed E-state index contributed by atoms with van der Waals surface area (Å²) in [5.74, 6) is 1.92. The molecular formula is C45H31N3OSi. The molecule has 0 saturated heterocycles. The first kappa shape index (κ1) is 28.8. The van der Waals surface area contributed by atoms with E-state index < -0.39 is 8.07 Å². The van der Waals surface area contributed by atoms with Crippen LogP contribution < -0.4 is 10.4 Å². The van der Waals surface area contributed by atoms with Crippen molar-refractivity contribution in [2.24, 2.45) is 0 Å². The van der Waals surface area contributed by atoms with Gasteiger partial charge in [0.05, 0.1) is 0 Å². The van der Waals surface area contributed by atoms with Crippen LogP contribution in [0.2, 0.25) is 13.1 Å². The smallest absolute Gasteiger partial charge is 0.164 e. The van der Waals surface area contributed by atoms with E-state index in [1.807, 2.05) is 24.3 Å². The first-order chi connectivity index (χ1) is 24.5. The molecule has 0 spiro atoms. The number of nitrogens with zero attached hydrogens (tertiary/aromatic N) is 3. The van der Waals surface area contributed by atoms with Gasteiger partial charge in [-0.1, -0.05) is 147 Å². The maximum atomic E-state index is 6.79. The average molecular weight is 658 g/mol. The summed E-state index contributed by atoms with van der Waals surface area (Å²) in [6, 6.07) is 53.3. The van der Waals surface area contributed by atoms with Crippen LogP contribution in [0.4, 0.5) is 0 Å². The molecule has 0 saturated carbocycles. The highest BCUT2D eigenvalue weighted by molar-refractivity contribution is 7.04. The van der Waals surface area contributed by atoms with E-state index in [-0.39, 0.29) is 0 Å². The zero-order valence-electron chi connectivity index (χ0n) is 27.7. The average Bonchev–Trinajstić information content (AvgIpc) is 3.67. The van der Waals surface area contributed by atoms with Gasteiger partial charge in [0.1, 0.15) is 19.2 Å². The molecule has 1 aliphatic rings. The number of fused-ring (bicyclic) bond motifs is 8. The summed E-state index contributed by atoms with van der Waals surface area (Å²) in [6.45, 7) is 4.87. The fraction of sp³-hybridized carbons (Fsp3) is 0.0444. The van der Waals surface area contributed by atoms with E-state index in [4.69, 9.17) is 19.4 Å². The molecule has 0 radical (unpaired) electrons. The van der Waals surface area contributed by atoms with Crippen LogP contribution in [-0.2, 0) is 0 Å². The molecule has 0 N–H and O–H groups in total. The Labute approximate surface area is 290 Å². The predicted molar refractivity (Wildman–Crippen MR) is 209 cm³/mol. The van der Waals surface area contributed by atoms with Crippen LogP contribution in [0.5, 0.6) is 0 Å². The molecule has 0 fully saturated rings. The number of furan rings is 1. The summed E-state index contributed by atoms with van der Waals surface area (Å²) in [6.07, 6.45) is 0. The van der Waals surface area contributed by atoms with Gasteiger partial charge in [-0.2, -0.15) is 0 Å². The molecule has 3 heterocycles. The Balaban J connectivity index is 1.25. The standard InChI is InChI=1S/C45H31N3OSi/c1-50(2)38-25-11-9-22-35(38)41-39(50)27-36(40-34-21-8-10-24-37(34)49-42(40)41)45-47-43(29-15-4-3-5-16-29)46-44(48-45)31-19-12-18-30(26-31)33-23-13-17-28-14-6-7-20-32(28)33/h3-27H,1-2H3. The van der Waals surface area contributed by atoms with Gasteiger partial charge in [-0.15, -0.1) is 0 Å². The maximum absolute atomic E-state index is 6.79. The van der Waals surface area contributed by atoms with E-state index in [0.717, 1.165) is 44.2 Å². The third kappa shape index (κ3) is 4.33. The third-order valence-electron chi connectivity index (χ3n) is 10.3. The summed E-state index contributed by atoms with van der Waals surface area (Å²) in [7, 11) is -2.07. The highest BCUT2D eigenvalue weighted by Crippen LogP contribution is 2.43. The highest BCUT2D eigenvalue weighted by atomic mass is 28.3. The van der Waals surface area contributed by atoms with E-state index in [1.165, 1.54) is 37.8 Å². The van der Waals surface area contributed by atoms with Crippen LogP contribution >= 0.6 is 0 Å². The lowest BCUT2D eigenvalue weighted by atomic mass is 9.96. The second-order valence-corrected chi connectivity index (χ2v) is 17.9. The molecule has 1 aliphatic heterocycles. The second kappa shape index (κ2) is 10.9. The molecule has 0 unspecified atom stereocenters. The molecule has 10 rings (SSSR count). The van der Waals surface area contributed by atoms with Gasteiger partial charge in [0.25, 0.3) is 0 Å². The van der Waals surface area contributed by atoms with E-state index in [1.54, 1.807) is 0 Å². The Morgan fingerprint density at radius 2 is 1.08 bits per heavy atom. The molecule has 236 valence electrons. The fourth-order valence-corrected chi connectivity index (χ4v) is 10.9. The highest BCUT2D eigenvalue weighted by Gasteiger charge is 2.40. The summed E-state index contributed by atoms with van der Waals surface area (Å²) in [5.41, 5.74) is 9.42. The topological polar surface area (TPSA) is 51.8 Å². The van der Waals surface area contributed by atoms with Gasteiger partial charge in [0.2, 0.25) is 0 Å². The van der Waals surface area contributed by atoms with Gasteiger partial charge in [-0.3, -0.25) is 0 Å². The summed E-state index contributed by atoms with van der Waals surface area (Å²) in [5, 5.41) is 7.31. The number of para-hydroxylation sites is 1. The van der Waals surface area contributed by atoms with E-state index in [2.05, 4.69) is 140 Å². The second-order valence-electron chi connectivity index (χ2n) is 13.6. The molecule has 7 aromatic carbocycles. The summed E-state index contributed by atoms with van der Waals surface area (Å²) < 4.78 is 6.79. The van der Waals surface area contributed by atoms with Crippen LogP contribution in [0.1, 0.15) is 0 Å². The predicted octanol–water partition coefficient (Wildman–Crippen LogP) is 10.4. The van der Waals surface area contributed by atoms with Crippen molar-refractivity contribution in [3.05, 3.63) is 152 Å². The van der Waals surface area contributed by atoms with Crippen LogP contribution in [0, 0.1) is 0 Å². The first-order valence-electron chi connectivity index (χ1n) is 17.0. The van der Waals surface area contributed by atoms with Crippen molar-refractivity contribution < 1.29 is 4.42 Å². The normalized spacial score (nSPS) is 13.2. The molecule has 0 bridgehead atoms. The Bertz CT molecular complexity index is 2800. The van der Waals surface area contributed by atoms with E-state index in [0.29, 0.717) is 17.5 Å². The van der Waals surface area contributed by atoms with Crippen LogP contribution in [0.15, 0.2) is 156 Å².